The van der Waals surface area contributed by atoms with Crippen LogP contribution in [0.5, 0.6) is 0 Å². The summed E-state index contributed by atoms with van der Waals surface area (Å²) in [5, 5.41) is 0. The van der Waals surface area contributed by atoms with Gasteiger partial charge in [0.2, 0.25) is 0 Å². The van der Waals surface area contributed by atoms with Crippen molar-refractivity contribution in [3.05, 3.63) is 6.92 Å². The predicted molar refractivity (Wildman–Crippen MR) is 23.3 cm³/mol. The van der Waals surface area contributed by atoms with Gasteiger partial charge in [-0.15, -0.1) is 0 Å². The van der Waals surface area contributed by atoms with E-state index in [1.165, 1.54) is 0 Å². The maximum atomic E-state index is 5.04. The lowest BCUT2D eigenvalue weighted by Crippen LogP contribution is -1.74. The molecule has 0 atom stereocenters. The molecular formula is C4H7N. The van der Waals surface area contributed by atoms with Crippen molar-refractivity contribution in [3.63, 3.8) is 0 Å². The van der Waals surface area contributed by atoms with E-state index in [4.69, 9.17) is 6.92 Å². The second-order valence-electron chi connectivity index (χ2n) is 0.865. The van der Waals surface area contributed by atoms with E-state index >= 15 is 0 Å². The largest absolute Gasteiger partial charge is 0.297 e. The molecule has 0 aliphatic rings. The number of nitrogens with zero attached hydrogens (tertiary/aromatic N) is 1. The van der Waals surface area contributed by atoms with Crippen molar-refractivity contribution in [2.75, 3.05) is 7.05 Å². The number of aliphatic imine (C=N–C) groups is 1. The summed E-state index contributed by atoms with van der Waals surface area (Å²) in [6.45, 7) is 6.79. The van der Waals surface area contributed by atoms with E-state index in [1.807, 2.05) is 0 Å². The van der Waals surface area contributed by atoms with Crippen LogP contribution in [-0.4, -0.2) is 12.8 Å². The molecular weight excluding hydrogens is 62.1 g/mol. The van der Waals surface area contributed by atoms with E-state index in [1.54, 1.807) is 14.0 Å². The highest BCUT2D eigenvalue weighted by molar-refractivity contribution is 5.85. The Morgan fingerprint density at radius 2 is 2.00 bits per heavy atom. The SMILES string of the molecule is [CH]C(C)=NC. The molecule has 28 valence electrons. The lowest BCUT2D eigenvalue weighted by atomic mass is 10.5. The summed E-state index contributed by atoms with van der Waals surface area (Å²) in [4.78, 5) is 3.58. The second kappa shape index (κ2) is 1.94. The van der Waals surface area contributed by atoms with Crippen LogP contribution in [0.1, 0.15) is 6.92 Å². The summed E-state index contributed by atoms with van der Waals surface area (Å²) in [5.74, 6) is 0. The van der Waals surface area contributed by atoms with Crippen LogP contribution in [0, 0.1) is 6.92 Å². The molecule has 0 aliphatic carbocycles. The first-order chi connectivity index (χ1) is 2.27. The molecule has 0 fully saturated rings. The van der Waals surface area contributed by atoms with Crippen molar-refractivity contribution in [3.8, 4) is 0 Å². The molecule has 1 nitrogen and oxygen atoms in total. The number of rotatable bonds is 0. The first-order valence-corrected chi connectivity index (χ1v) is 1.46. The highest BCUT2D eigenvalue weighted by Crippen LogP contribution is 1.62. The van der Waals surface area contributed by atoms with Crippen LogP contribution < -0.4 is 0 Å². The van der Waals surface area contributed by atoms with E-state index in [-0.39, 0.29) is 0 Å². The van der Waals surface area contributed by atoms with Crippen molar-refractivity contribution in [2.45, 2.75) is 6.92 Å². The molecule has 0 saturated heterocycles. The van der Waals surface area contributed by atoms with E-state index in [0.29, 0.717) is 5.71 Å². The standard InChI is InChI=1S/C4H7N/c1-4(2)5-3/h1H,2-3H3. The Kier molecular flexibility index (Phi) is 1.81. The molecule has 0 aromatic heterocycles. The molecule has 0 bridgehead atoms. The van der Waals surface area contributed by atoms with E-state index < -0.39 is 0 Å². The van der Waals surface area contributed by atoms with Crippen LogP contribution in [0.3, 0.4) is 0 Å². The topological polar surface area (TPSA) is 12.4 Å². The zero-order chi connectivity index (χ0) is 4.28. The lowest BCUT2D eigenvalue weighted by Gasteiger charge is -1.73. The van der Waals surface area contributed by atoms with Gasteiger partial charge in [-0.25, -0.2) is 0 Å². The fourth-order valence-electron chi connectivity index (χ4n) is 0. The third kappa shape index (κ3) is 3.67. The monoisotopic (exact) mass is 69.1 g/mol. The molecule has 0 aromatic carbocycles. The van der Waals surface area contributed by atoms with Crippen molar-refractivity contribution < 1.29 is 0 Å². The Labute approximate surface area is 32.7 Å². The van der Waals surface area contributed by atoms with Gasteiger partial charge in [0.05, 0.1) is 0 Å². The van der Waals surface area contributed by atoms with Crippen LogP contribution in [0.15, 0.2) is 4.99 Å². The molecule has 0 aromatic rings. The fourth-order valence-corrected chi connectivity index (χ4v) is 0. The minimum absolute atomic E-state index is 0.630. The average Bonchev–Trinajstić information content (AvgIpc) is 1.38. The highest BCUT2D eigenvalue weighted by atomic mass is 14.7. The van der Waals surface area contributed by atoms with Crippen molar-refractivity contribution in [1.29, 1.82) is 0 Å². The summed E-state index contributed by atoms with van der Waals surface area (Å²) < 4.78 is 0. The van der Waals surface area contributed by atoms with Crippen LogP contribution in [0.4, 0.5) is 0 Å². The lowest BCUT2D eigenvalue weighted by molar-refractivity contribution is 1.43. The third-order valence-electron chi connectivity index (χ3n) is 0.353. The summed E-state index contributed by atoms with van der Waals surface area (Å²) in [6, 6.07) is 0. The van der Waals surface area contributed by atoms with Gasteiger partial charge in [0, 0.05) is 19.7 Å². The van der Waals surface area contributed by atoms with E-state index in [9.17, 15) is 0 Å². The van der Waals surface area contributed by atoms with Gasteiger partial charge < -0.3 is 0 Å². The zero-order valence-corrected chi connectivity index (χ0v) is 3.52. The Hall–Kier alpha value is -0.330. The molecule has 0 amide bonds. The summed E-state index contributed by atoms with van der Waals surface area (Å²) >= 11 is 0. The van der Waals surface area contributed by atoms with Crippen LogP contribution >= 0.6 is 0 Å². The van der Waals surface area contributed by atoms with Gasteiger partial charge in [0.25, 0.3) is 0 Å². The van der Waals surface area contributed by atoms with E-state index in [2.05, 4.69) is 4.99 Å². The van der Waals surface area contributed by atoms with Gasteiger partial charge >= 0.3 is 0 Å². The third-order valence-corrected chi connectivity index (χ3v) is 0.353. The van der Waals surface area contributed by atoms with Gasteiger partial charge in [-0.1, -0.05) is 0 Å². The van der Waals surface area contributed by atoms with Crippen molar-refractivity contribution >= 4 is 5.71 Å². The normalized spacial score (nSPS) is 12.2. The molecule has 0 N–H and O–H groups in total. The van der Waals surface area contributed by atoms with E-state index in [0.717, 1.165) is 0 Å². The first-order valence-electron chi connectivity index (χ1n) is 1.46. The Morgan fingerprint density at radius 1 is 1.80 bits per heavy atom. The molecule has 0 spiro atoms. The van der Waals surface area contributed by atoms with Crippen LogP contribution in [-0.2, 0) is 0 Å². The smallest absolute Gasteiger partial charge is 0.0276 e. The first kappa shape index (κ1) is 4.67. The summed E-state index contributed by atoms with van der Waals surface area (Å²) in [6.07, 6.45) is 0. The minimum Gasteiger partial charge on any atom is -0.297 e. The highest BCUT2D eigenvalue weighted by Gasteiger charge is 1.63. The molecule has 0 heterocycles. The molecule has 1 heteroatoms. The molecule has 0 rings (SSSR count). The Morgan fingerprint density at radius 3 is 2.00 bits per heavy atom. The van der Waals surface area contributed by atoms with Gasteiger partial charge in [-0.2, -0.15) is 0 Å². The molecule has 0 aliphatic heterocycles. The maximum absolute atomic E-state index is 5.04. The van der Waals surface area contributed by atoms with Crippen LogP contribution in [0.2, 0.25) is 0 Å². The molecule has 0 unspecified atom stereocenters. The summed E-state index contributed by atoms with van der Waals surface area (Å²) in [7, 11) is 1.66. The second-order valence-corrected chi connectivity index (χ2v) is 0.865. The zero-order valence-electron chi connectivity index (χ0n) is 3.52. The quantitative estimate of drug-likeness (QED) is 0.373. The number of hydrogen-bond acceptors (Lipinski definition) is 1. The maximum Gasteiger partial charge on any atom is 0.0276 e. The Bertz CT molecular complexity index is 41.6. The molecule has 5 heavy (non-hydrogen) atoms. The average molecular weight is 69.1 g/mol. The van der Waals surface area contributed by atoms with Gasteiger partial charge in [-0.3, -0.25) is 4.99 Å². The fraction of sp³-hybridized carbons (Fsp3) is 0.500. The Balaban J connectivity index is 3.14. The van der Waals surface area contributed by atoms with Gasteiger partial charge in [0.15, 0.2) is 0 Å². The number of hydrogen-bond donors (Lipinski definition) is 0. The summed E-state index contributed by atoms with van der Waals surface area (Å²) in [5.41, 5.74) is 0.630. The van der Waals surface area contributed by atoms with Gasteiger partial charge in [0.1, 0.15) is 0 Å². The molecule has 0 saturated carbocycles. The predicted octanol–water partition coefficient (Wildman–Crippen LogP) is 0.788. The minimum atomic E-state index is 0.630. The van der Waals surface area contributed by atoms with Crippen LogP contribution in [0.25, 0.3) is 0 Å². The van der Waals surface area contributed by atoms with Crippen molar-refractivity contribution in [2.24, 2.45) is 4.99 Å². The molecule has 2 radical (unpaired) electrons. The van der Waals surface area contributed by atoms with Crippen molar-refractivity contribution in [1.82, 2.24) is 0 Å². The van der Waals surface area contributed by atoms with Gasteiger partial charge in [-0.05, 0) is 6.92 Å².